The minimum atomic E-state index is -4.44. The van der Waals surface area contributed by atoms with Crippen molar-refractivity contribution >= 4 is 28.5 Å². The topological polar surface area (TPSA) is 116 Å². The number of nitrogens with one attached hydrogen (secondary N) is 1. The minimum absolute atomic E-state index is 0.236. The number of ketones is 1. The van der Waals surface area contributed by atoms with Gasteiger partial charge < -0.3 is 5.32 Å². The zero-order valence-corrected chi connectivity index (χ0v) is 19.9. The van der Waals surface area contributed by atoms with Gasteiger partial charge in [-0.3, -0.25) is 14.0 Å². The Kier molecular flexibility index (Phi) is 5.90. The van der Waals surface area contributed by atoms with Crippen molar-refractivity contribution in [2.75, 3.05) is 5.32 Å². The van der Waals surface area contributed by atoms with Crippen LogP contribution in [0.15, 0.2) is 49.1 Å². The summed E-state index contributed by atoms with van der Waals surface area (Å²) in [4.78, 5) is 25.7. The molecule has 0 amide bonds. The molecule has 0 radical (unpaired) electrons. The molecular weight excluding hydrogens is 487 g/mol. The molecule has 0 aliphatic heterocycles. The number of pyridine rings is 2. The summed E-state index contributed by atoms with van der Waals surface area (Å²) in [7, 11) is 0. The van der Waals surface area contributed by atoms with E-state index < -0.39 is 12.7 Å². The molecule has 5 rings (SSSR count). The Labute approximate surface area is 208 Å². The van der Waals surface area contributed by atoms with Crippen LogP contribution < -0.4 is 5.32 Å². The summed E-state index contributed by atoms with van der Waals surface area (Å²) in [5, 5.41) is 15.2. The molecule has 0 saturated heterocycles. The smallest absolute Gasteiger partial charge is 0.323 e. The first kappa shape index (κ1) is 24.0. The van der Waals surface area contributed by atoms with E-state index in [0.29, 0.717) is 39.7 Å². The van der Waals surface area contributed by atoms with E-state index in [2.05, 4.69) is 35.6 Å². The predicted octanol–water partition coefficient (Wildman–Crippen LogP) is 4.59. The van der Waals surface area contributed by atoms with E-state index in [4.69, 9.17) is 0 Å². The highest BCUT2D eigenvalue weighted by Gasteiger charge is 2.29. The molecule has 0 aliphatic carbocycles. The lowest BCUT2D eigenvalue weighted by molar-refractivity contribution is -0.142. The maximum absolute atomic E-state index is 12.9. The third-order valence-corrected chi connectivity index (χ3v) is 5.54. The maximum atomic E-state index is 12.9. The highest BCUT2D eigenvalue weighted by molar-refractivity contribution is 6.00. The van der Waals surface area contributed by atoms with Crippen LogP contribution in [-0.4, -0.2) is 51.5 Å². The Morgan fingerprint density at radius 1 is 1.05 bits per heavy atom. The molecule has 0 aromatic carbocycles. The average Bonchev–Trinajstić information content (AvgIpc) is 3.41. The molecule has 0 saturated carbocycles. The molecule has 0 atom stereocenters. The summed E-state index contributed by atoms with van der Waals surface area (Å²) in [6.07, 6.45) is -0.0384. The molecule has 0 fully saturated rings. The largest absolute Gasteiger partial charge is 0.408 e. The number of nitrogens with zero attached hydrogens (tertiary/aromatic N) is 8. The third kappa shape index (κ3) is 5.01. The summed E-state index contributed by atoms with van der Waals surface area (Å²) in [6.45, 7) is 3.54. The normalized spacial score (nSPS) is 11.7. The number of carbonyl (C=O) groups is 1. The third-order valence-electron chi connectivity index (χ3n) is 5.54. The zero-order valence-electron chi connectivity index (χ0n) is 19.9. The van der Waals surface area contributed by atoms with Crippen LogP contribution in [0.1, 0.15) is 28.7 Å². The Morgan fingerprint density at radius 3 is 2.57 bits per heavy atom. The first-order chi connectivity index (χ1) is 17.6. The van der Waals surface area contributed by atoms with Gasteiger partial charge in [-0.15, -0.1) is 5.10 Å². The second-order valence-electron chi connectivity index (χ2n) is 8.42. The van der Waals surface area contributed by atoms with Crippen LogP contribution in [0.25, 0.3) is 28.1 Å². The van der Waals surface area contributed by atoms with Crippen molar-refractivity contribution in [2.24, 2.45) is 0 Å². The van der Waals surface area contributed by atoms with E-state index in [-0.39, 0.29) is 17.0 Å². The lowest BCUT2D eigenvalue weighted by atomic mass is 10.0. The van der Waals surface area contributed by atoms with Gasteiger partial charge in [0.25, 0.3) is 0 Å². The van der Waals surface area contributed by atoms with Gasteiger partial charge >= 0.3 is 6.18 Å². The molecule has 1 N–H and O–H groups in total. The molecule has 0 aliphatic rings. The highest BCUT2D eigenvalue weighted by atomic mass is 19.4. The number of halogens is 3. The van der Waals surface area contributed by atoms with Gasteiger partial charge in [0.2, 0.25) is 0 Å². The van der Waals surface area contributed by atoms with Crippen molar-refractivity contribution < 1.29 is 18.0 Å². The van der Waals surface area contributed by atoms with Gasteiger partial charge in [-0.1, -0.05) is 0 Å². The molecular formula is C24H20F3N9O. The number of rotatable bonds is 6. The molecule has 5 heterocycles. The van der Waals surface area contributed by atoms with E-state index in [9.17, 15) is 18.0 Å². The van der Waals surface area contributed by atoms with Gasteiger partial charge in [0.15, 0.2) is 11.6 Å². The van der Waals surface area contributed by atoms with Crippen molar-refractivity contribution in [2.45, 2.75) is 33.5 Å². The first-order valence-corrected chi connectivity index (χ1v) is 11.1. The van der Waals surface area contributed by atoms with Gasteiger partial charge in [0.05, 0.1) is 28.8 Å². The molecule has 37 heavy (non-hydrogen) atoms. The quantitative estimate of drug-likeness (QED) is 0.332. The van der Waals surface area contributed by atoms with Crippen LogP contribution in [-0.2, 0) is 6.54 Å². The van der Waals surface area contributed by atoms with Crippen LogP contribution in [0.4, 0.5) is 24.8 Å². The fraction of sp³-hybridized carbons (Fsp3) is 0.208. The van der Waals surface area contributed by atoms with Crippen molar-refractivity contribution in [3.63, 3.8) is 0 Å². The molecule has 5 aromatic heterocycles. The van der Waals surface area contributed by atoms with Gasteiger partial charge in [-0.2, -0.15) is 23.4 Å². The number of aromatic nitrogens is 8. The number of alkyl halides is 3. The minimum Gasteiger partial charge on any atom is -0.323 e. The van der Waals surface area contributed by atoms with Crippen LogP contribution in [0.3, 0.4) is 0 Å². The average molecular weight is 507 g/mol. The maximum Gasteiger partial charge on any atom is 0.408 e. The number of anilines is 2. The number of fused-ring (bicyclic) bond motifs is 1. The first-order valence-electron chi connectivity index (χ1n) is 11.1. The van der Waals surface area contributed by atoms with Crippen molar-refractivity contribution in [1.82, 2.24) is 39.5 Å². The second-order valence-corrected chi connectivity index (χ2v) is 8.42. The number of carbonyl (C=O) groups excluding carboxylic acids is 1. The summed E-state index contributed by atoms with van der Waals surface area (Å²) in [5.74, 6) is 1.15. The van der Waals surface area contributed by atoms with E-state index in [0.717, 1.165) is 10.4 Å². The van der Waals surface area contributed by atoms with Gasteiger partial charge in [0, 0.05) is 23.4 Å². The van der Waals surface area contributed by atoms with E-state index >= 15 is 0 Å². The van der Waals surface area contributed by atoms with Crippen LogP contribution in [0, 0.1) is 13.8 Å². The number of hydrogen-bond acceptors (Lipinski definition) is 8. The van der Waals surface area contributed by atoms with Gasteiger partial charge in [-0.25, -0.2) is 15.0 Å². The lowest BCUT2D eigenvalue weighted by Crippen LogP contribution is -2.17. The number of hydrogen-bond donors (Lipinski definition) is 1. The van der Waals surface area contributed by atoms with E-state index in [1.54, 1.807) is 48.3 Å². The number of Topliss-reactive ketones (excluding diaryl/α,β-unsaturated/α-hetero) is 1. The summed E-state index contributed by atoms with van der Waals surface area (Å²) in [6, 6.07) is 8.60. The second kappa shape index (κ2) is 9.08. The van der Waals surface area contributed by atoms with Gasteiger partial charge in [0.1, 0.15) is 30.0 Å². The monoisotopic (exact) mass is 507 g/mol. The highest BCUT2D eigenvalue weighted by Crippen LogP contribution is 2.29. The fourth-order valence-corrected chi connectivity index (χ4v) is 3.85. The molecule has 0 spiro atoms. The predicted molar refractivity (Wildman–Crippen MR) is 129 cm³/mol. The number of aryl methyl sites for hydroxylation is 2. The molecule has 5 aromatic rings. The van der Waals surface area contributed by atoms with E-state index in [1.165, 1.54) is 13.1 Å². The number of imidazole rings is 1. The van der Waals surface area contributed by atoms with Crippen LogP contribution in [0.2, 0.25) is 0 Å². The molecule has 13 heteroatoms. The molecule has 10 nitrogen and oxygen atoms in total. The zero-order chi connectivity index (χ0) is 26.3. The van der Waals surface area contributed by atoms with Crippen molar-refractivity contribution in [1.29, 1.82) is 0 Å². The van der Waals surface area contributed by atoms with Gasteiger partial charge in [-0.05, 0) is 45.0 Å². The molecule has 0 bridgehead atoms. The van der Waals surface area contributed by atoms with Crippen LogP contribution >= 0.6 is 0 Å². The Hall–Kier alpha value is -4.68. The molecule has 188 valence electrons. The fourth-order valence-electron chi connectivity index (χ4n) is 3.85. The Bertz CT molecular complexity index is 1620. The van der Waals surface area contributed by atoms with E-state index in [1.807, 2.05) is 13.0 Å². The van der Waals surface area contributed by atoms with Crippen LogP contribution in [0.5, 0.6) is 0 Å². The standard InChI is InChI=1S/C24H20F3N9O/c1-13-4-6-20(33-32-13)30-21-8-19-18(9-28-21)29-12-36(19)22-7-5-16(15(3)37)23(31-22)17-10-35(34-14(17)2)11-24(25,26)27/h4-10,12H,11H2,1-3H3,(H,28,30,33). The van der Waals surface area contributed by atoms with Crippen molar-refractivity contribution in [3.05, 3.63) is 66.0 Å². The summed E-state index contributed by atoms with van der Waals surface area (Å²) in [5.41, 5.74) is 3.20. The summed E-state index contributed by atoms with van der Waals surface area (Å²) < 4.78 is 41.3. The summed E-state index contributed by atoms with van der Waals surface area (Å²) >= 11 is 0. The Balaban J connectivity index is 1.57. The SMILES string of the molecule is CC(=O)c1ccc(-n2cnc3cnc(Nc4ccc(C)nn4)cc32)nc1-c1cn(CC(F)(F)F)nc1C. The molecule has 0 unspecified atom stereocenters. The Morgan fingerprint density at radius 2 is 1.86 bits per heavy atom. The lowest BCUT2D eigenvalue weighted by Gasteiger charge is -2.10. The van der Waals surface area contributed by atoms with Crippen molar-refractivity contribution in [3.8, 4) is 17.1 Å².